The van der Waals surface area contributed by atoms with Gasteiger partial charge < -0.3 is 20.1 Å². The lowest BCUT2D eigenvalue weighted by atomic mass is 10.2. The van der Waals surface area contributed by atoms with Gasteiger partial charge in [0.15, 0.2) is 0 Å². The molecule has 4 rings (SSSR count). The van der Waals surface area contributed by atoms with Crippen LogP contribution in [0.3, 0.4) is 0 Å². The number of aliphatic carboxylic acids is 1. The molecule has 1 fully saturated rings. The van der Waals surface area contributed by atoms with Gasteiger partial charge >= 0.3 is 5.97 Å². The number of nitrogens with one attached hydrogen (secondary N) is 2. The van der Waals surface area contributed by atoms with E-state index in [1.165, 1.54) is 0 Å². The second-order valence-corrected chi connectivity index (χ2v) is 7.02. The molecule has 1 saturated carbocycles. The molecule has 2 atom stereocenters. The Hall–Kier alpha value is -3.02. The number of carboxylic acids is 1. The summed E-state index contributed by atoms with van der Waals surface area (Å²) in [6.07, 6.45) is 3.85. The fraction of sp³-hybridized carbons (Fsp3) is 0.333. The van der Waals surface area contributed by atoms with E-state index in [1.54, 1.807) is 6.20 Å². The molecule has 2 heterocycles. The zero-order valence-corrected chi connectivity index (χ0v) is 15.0. The molecule has 6 heteroatoms. The summed E-state index contributed by atoms with van der Waals surface area (Å²) in [5.41, 5.74) is 2.20. The molecule has 0 radical (unpaired) electrons. The van der Waals surface area contributed by atoms with Gasteiger partial charge in [-0.25, -0.2) is 4.98 Å². The quantitative estimate of drug-likeness (QED) is 0.499. The van der Waals surface area contributed by atoms with E-state index in [4.69, 9.17) is 9.84 Å². The number of hydrogen-bond acceptors (Lipinski definition) is 4. The molecule has 1 aliphatic rings. The smallest absolute Gasteiger partial charge is 0.303 e. The summed E-state index contributed by atoms with van der Waals surface area (Å²) in [5.74, 6) is 1.61. The second-order valence-electron chi connectivity index (χ2n) is 7.02. The van der Waals surface area contributed by atoms with E-state index in [1.807, 2.05) is 36.4 Å². The molecule has 6 nitrogen and oxygen atoms in total. The molecule has 0 aliphatic heterocycles. The summed E-state index contributed by atoms with van der Waals surface area (Å²) in [6, 6.07) is 13.9. The van der Waals surface area contributed by atoms with Gasteiger partial charge in [-0.2, -0.15) is 0 Å². The van der Waals surface area contributed by atoms with Gasteiger partial charge in [0.25, 0.3) is 0 Å². The topological polar surface area (TPSA) is 87.2 Å². The van der Waals surface area contributed by atoms with Crippen molar-refractivity contribution in [1.29, 1.82) is 0 Å². The molecule has 27 heavy (non-hydrogen) atoms. The minimum absolute atomic E-state index is 0.251. The van der Waals surface area contributed by atoms with Crippen molar-refractivity contribution in [2.75, 3.05) is 18.5 Å². The van der Waals surface area contributed by atoms with E-state index in [2.05, 4.69) is 21.4 Å². The highest BCUT2D eigenvalue weighted by atomic mass is 16.5. The van der Waals surface area contributed by atoms with Crippen LogP contribution < -0.4 is 10.1 Å². The molecular weight excluding hydrogens is 342 g/mol. The van der Waals surface area contributed by atoms with E-state index in [-0.39, 0.29) is 12.3 Å². The summed E-state index contributed by atoms with van der Waals surface area (Å²) in [5, 5.41) is 13.3. The largest absolute Gasteiger partial charge is 0.494 e. The predicted molar refractivity (Wildman–Crippen MR) is 104 cm³/mol. The highest BCUT2D eigenvalue weighted by Gasteiger charge is 2.40. The molecule has 1 aromatic carbocycles. The first kappa shape index (κ1) is 17.4. The van der Waals surface area contributed by atoms with Crippen LogP contribution in [0, 0.1) is 5.92 Å². The average Bonchev–Trinajstić information content (AvgIpc) is 3.28. The van der Waals surface area contributed by atoms with Crippen molar-refractivity contribution in [1.82, 2.24) is 9.97 Å². The van der Waals surface area contributed by atoms with Crippen LogP contribution in [-0.2, 0) is 4.79 Å². The number of aromatic nitrogens is 2. The number of pyridine rings is 1. The minimum Gasteiger partial charge on any atom is -0.494 e. The third-order valence-electron chi connectivity index (χ3n) is 4.93. The van der Waals surface area contributed by atoms with Crippen LogP contribution in [0.2, 0.25) is 0 Å². The number of benzene rings is 1. The highest BCUT2D eigenvalue weighted by Crippen LogP contribution is 2.49. The second kappa shape index (κ2) is 7.70. The molecule has 2 unspecified atom stereocenters. The summed E-state index contributed by atoms with van der Waals surface area (Å²) >= 11 is 0. The van der Waals surface area contributed by atoms with Crippen molar-refractivity contribution in [2.45, 2.75) is 25.2 Å². The minimum atomic E-state index is -0.716. The molecule has 1 aliphatic carbocycles. The third-order valence-corrected chi connectivity index (χ3v) is 4.93. The van der Waals surface area contributed by atoms with Gasteiger partial charge in [0.05, 0.1) is 6.61 Å². The highest BCUT2D eigenvalue weighted by molar-refractivity contribution is 5.82. The zero-order chi connectivity index (χ0) is 18.6. The molecule has 3 aromatic rings. The number of nitrogens with zero attached hydrogens (tertiary/aromatic N) is 1. The molecule has 0 saturated heterocycles. The number of hydrogen-bond donors (Lipinski definition) is 3. The Morgan fingerprint density at radius 3 is 3.04 bits per heavy atom. The summed E-state index contributed by atoms with van der Waals surface area (Å²) in [4.78, 5) is 18.5. The Balaban J connectivity index is 1.28. The number of rotatable bonds is 9. The van der Waals surface area contributed by atoms with Gasteiger partial charge in [-0.15, -0.1) is 0 Å². The summed E-state index contributed by atoms with van der Waals surface area (Å²) in [7, 11) is 0. The number of aromatic amines is 1. The average molecular weight is 365 g/mol. The Labute approximate surface area is 157 Å². The van der Waals surface area contributed by atoms with Gasteiger partial charge in [0.1, 0.15) is 11.6 Å². The van der Waals surface area contributed by atoms with Gasteiger partial charge in [0, 0.05) is 41.7 Å². The van der Waals surface area contributed by atoms with Crippen molar-refractivity contribution in [3.05, 3.63) is 54.4 Å². The van der Waals surface area contributed by atoms with Crippen molar-refractivity contribution in [3.63, 3.8) is 0 Å². The maximum absolute atomic E-state index is 10.8. The molecule has 0 bridgehead atoms. The maximum Gasteiger partial charge on any atom is 0.303 e. The normalized spacial score (nSPS) is 18.4. The number of carboxylic acid groups (broad SMARTS) is 1. The van der Waals surface area contributed by atoms with Crippen LogP contribution in [0.4, 0.5) is 5.82 Å². The number of H-pyrrole nitrogens is 1. The Morgan fingerprint density at radius 1 is 1.30 bits per heavy atom. The Kier molecular flexibility index (Phi) is 4.96. The molecule has 2 aromatic heterocycles. The van der Waals surface area contributed by atoms with Crippen molar-refractivity contribution in [3.8, 4) is 5.75 Å². The number of anilines is 1. The van der Waals surface area contributed by atoms with Crippen molar-refractivity contribution < 1.29 is 14.6 Å². The lowest BCUT2D eigenvalue weighted by molar-refractivity contribution is -0.137. The third kappa shape index (κ3) is 4.39. The lowest BCUT2D eigenvalue weighted by Gasteiger charge is -2.07. The van der Waals surface area contributed by atoms with Crippen LogP contribution >= 0.6 is 0 Å². The van der Waals surface area contributed by atoms with Gasteiger partial charge in [-0.1, -0.05) is 6.07 Å². The van der Waals surface area contributed by atoms with Crippen LogP contribution in [0.1, 0.15) is 30.9 Å². The molecule has 3 N–H and O–H groups in total. The molecular formula is C21H23N3O3. The first-order valence-corrected chi connectivity index (χ1v) is 9.31. The van der Waals surface area contributed by atoms with Crippen LogP contribution in [-0.4, -0.2) is 34.2 Å². The van der Waals surface area contributed by atoms with E-state index in [9.17, 15) is 4.79 Å². The number of carbonyl (C=O) groups is 1. The van der Waals surface area contributed by atoms with E-state index in [0.717, 1.165) is 47.6 Å². The van der Waals surface area contributed by atoms with E-state index < -0.39 is 5.97 Å². The van der Waals surface area contributed by atoms with Gasteiger partial charge in [0.2, 0.25) is 0 Å². The maximum atomic E-state index is 10.8. The van der Waals surface area contributed by atoms with Gasteiger partial charge in [-0.3, -0.25) is 4.79 Å². The van der Waals surface area contributed by atoms with E-state index >= 15 is 0 Å². The Bertz CT molecular complexity index is 923. The molecule has 0 spiro atoms. The summed E-state index contributed by atoms with van der Waals surface area (Å²) in [6.45, 7) is 1.44. The standard InChI is InChI=1S/C21H23N3O3/c25-21(26)13-14-11-17(14)19-12-15-10-16(5-6-18(15)24-19)27-9-3-8-23-20-4-1-2-7-22-20/h1-2,4-7,10,12,14,17,24H,3,8-9,11,13H2,(H,22,23)(H,25,26). The first-order valence-electron chi connectivity index (χ1n) is 9.31. The fourth-order valence-electron chi connectivity index (χ4n) is 3.45. The van der Waals surface area contributed by atoms with E-state index in [0.29, 0.717) is 12.5 Å². The summed E-state index contributed by atoms with van der Waals surface area (Å²) < 4.78 is 5.86. The van der Waals surface area contributed by atoms with Crippen molar-refractivity contribution in [2.24, 2.45) is 5.92 Å². The SMILES string of the molecule is O=C(O)CC1CC1c1cc2cc(OCCCNc3ccccn3)ccc2[nH]1. The monoisotopic (exact) mass is 365 g/mol. The van der Waals surface area contributed by atoms with Crippen molar-refractivity contribution >= 4 is 22.7 Å². The number of fused-ring (bicyclic) bond motifs is 1. The zero-order valence-electron chi connectivity index (χ0n) is 15.0. The van der Waals surface area contributed by atoms with Crippen LogP contribution in [0.5, 0.6) is 5.75 Å². The predicted octanol–water partition coefficient (Wildman–Crippen LogP) is 4.02. The lowest BCUT2D eigenvalue weighted by Crippen LogP contribution is -2.07. The fourth-order valence-corrected chi connectivity index (χ4v) is 3.45. The Morgan fingerprint density at radius 2 is 2.22 bits per heavy atom. The van der Waals surface area contributed by atoms with Crippen LogP contribution in [0.15, 0.2) is 48.7 Å². The molecule has 0 amide bonds. The first-order chi connectivity index (χ1) is 13.2. The number of ether oxygens (including phenoxy) is 1. The van der Waals surface area contributed by atoms with Crippen LogP contribution in [0.25, 0.3) is 10.9 Å². The molecule has 140 valence electrons. The van der Waals surface area contributed by atoms with Gasteiger partial charge in [-0.05, 0) is 55.2 Å².